The van der Waals surface area contributed by atoms with Gasteiger partial charge in [0, 0.05) is 5.56 Å². The maximum absolute atomic E-state index is 9.72. The van der Waals surface area contributed by atoms with Crippen molar-refractivity contribution in [3.05, 3.63) is 103 Å². The van der Waals surface area contributed by atoms with Crippen LogP contribution in [-0.2, 0) is 6.42 Å². The topological polar surface area (TPSA) is 49.7 Å². The third-order valence-corrected chi connectivity index (χ3v) is 5.50. The Morgan fingerprint density at radius 1 is 0.667 bits per heavy atom. The van der Waals surface area contributed by atoms with E-state index in [2.05, 4.69) is 31.2 Å². The van der Waals surface area contributed by atoms with Crippen LogP contribution in [0, 0.1) is 0 Å². The molecule has 0 heterocycles. The molecule has 2 N–H and O–H groups in total. The fourth-order valence-electron chi connectivity index (χ4n) is 3.92. The third-order valence-electron chi connectivity index (χ3n) is 5.14. The normalized spacial score (nSPS) is 10.9. The lowest BCUT2D eigenvalue weighted by atomic mass is 9.84. The molecular weight excluding hydrogens is 391 g/mol. The summed E-state index contributed by atoms with van der Waals surface area (Å²) in [5, 5.41) is 0. The number of benzene rings is 4. The van der Waals surface area contributed by atoms with Gasteiger partial charge in [-0.2, -0.15) is 0 Å². The van der Waals surface area contributed by atoms with Crippen LogP contribution < -0.4 is 4.52 Å². The molecule has 0 atom stereocenters. The molecule has 0 bridgehead atoms. The number of hydrogen-bond donors (Lipinski definition) is 2. The van der Waals surface area contributed by atoms with E-state index in [1.54, 1.807) is 0 Å². The minimum atomic E-state index is -2.56. The first-order valence-electron chi connectivity index (χ1n) is 9.91. The Kier molecular flexibility index (Phi) is 6.25. The summed E-state index contributed by atoms with van der Waals surface area (Å²) in [6.45, 7) is 2.15. The van der Waals surface area contributed by atoms with E-state index in [-0.39, 0.29) is 0 Å². The highest BCUT2D eigenvalue weighted by Gasteiger charge is 2.23. The summed E-state index contributed by atoms with van der Waals surface area (Å²) in [5.41, 5.74) is 7.25. The lowest BCUT2D eigenvalue weighted by molar-refractivity contribution is 0.376. The van der Waals surface area contributed by atoms with Gasteiger partial charge in [0.05, 0.1) is 0 Å². The molecule has 4 heteroatoms. The van der Waals surface area contributed by atoms with Gasteiger partial charge in [-0.1, -0.05) is 97.9 Å². The van der Waals surface area contributed by atoms with Crippen molar-refractivity contribution in [2.45, 2.75) is 13.3 Å². The van der Waals surface area contributed by atoms with Crippen molar-refractivity contribution >= 4 is 8.60 Å². The zero-order valence-corrected chi connectivity index (χ0v) is 17.6. The van der Waals surface area contributed by atoms with E-state index in [1.165, 1.54) is 5.56 Å². The van der Waals surface area contributed by atoms with Gasteiger partial charge in [-0.15, -0.1) is 0 Å². The Hall–Kier alpha value is -2.97. The quantitative estimate of drug-likeness (QED) is 0.340. The zero-order valence-electron chi connectivity index (χ0n) is 16.7. The van der Waals surface area contributed by atoms with Crippen LogP contribution in [0.2, 0.25) is 0 Å². The molecular formula is C26H23O3P. The van der Waals surface area contributed by atoms with E-state index in [0.717, 1.165) is 39.8 Å². The first kappa shape index (κ1) is 20.3. The molecule has 30 heavy (non-hydrogen) atoms. The van der Waals surface area contributed by atoms with Crippen molar-refractivity contribution in [2.24, 2.45) is 0 Å². The SMILES string of the molecule is CCc1c(-c2ccccc2)cc(OP(O)O)c(-c2ccccc2)c1-c1ccccc1. The molecule has 0 spiro atoms. The fraction of sp³-hybridized carbons (Fsp3) is 0.0769. The highest BCUT2D eigenvalue weighted by atomic mass is 31.2. The monoisotopic (exact) mass is 414 g/mol. The van der Waals surface area contributed by atoms with Crippen LogP contribution in [0.3, 0.4) is 0 Å². The first-order chi connectivity index (χ1) is 14.7. The van der Waals surface area contributed by atoms with Gasteiger partial charge in [0.1, 0.15) is 5.75 Å². The highest BCUT2D eigenvalue weighted by molar-refractivity contribution is 7.39. The second-order valence-electron chi connectivity index (χ2n) is 6.95. The smallest absolute Gasteiger partial charge is 0.391 e. The average Bonchev–Trinajstić information content (AvgIpc) is 2.79. The van der Waals surface area contributed by atoms with Gasteiger partial charge < -0.3 is 14.3 Å². The van der Waals surface area contributed by atoms with E-state index in [9.17, 15) is 9.79 Å². The van der Waals surface area contributed by atoms with Crippen LogP contribution in [0.4, 0.5) is 0 Å². The summed E-state index contributed by atoms with van der Waals surface area (Å²) >= 11 is 0. The minimum absolute atomic E-state index is 0.465. The van der Waals surface area contributed by atoms with Crippen molar-refractivity contribution < 1.29 is 14.3 Å². The lowest BCUT2D eigenvalue weighted by Crippen LogP contribution is -2.00. The standard InChI is InChI=1S/C26H23O3P/c1-2-22-23(19-12-6-3-7-13-19)18-24(29-30(27)28)26(21-16-10-5-11-17-21)25(22)20-14-8-4-9-15-20/h3-18,27-28H,2H2,1H3. The Morgan fingerprint density at radius 3 is 1.60 bits per heavy atom. The summed E-state index contributed by atoms with van der Waals surface area (Å²) < 4.78 is 5.60. The number of hydrogen-bond acceptors (Lipinski definition) is 3. The van der Waals surface area contributed by atoms with E-state index in [4.69, 9.17) is 4.52 Å². The molecule has 0 aliphatic carbocycles. The van der Waals surface area contributed by atoms with Gasteiger partial charge in [-0.25, -0.2) is 0 Å². The molecule has 150 valence electrons. The number of rotatable bonds is 6. The molecule has 0 amide bonds. The third kappa shape index (κ3) is 4.15. The molecule has 4 aromatic rings. The van der Waals surface area contributed by atoms with Gasteiger partial charge in [0.2, 0.25) is 0 Å². The van der Waals surface area contributed by atoms with Crippen molar-refractivity contribution in [1.82, 2.24) is 0 Å². The van der Waals surface area contributed by atoms with Gasteiger partial charge >= 0.3 is 8.60 Å². The molecule has 0 aliphatic heterocycles. The summed E-state index contributed by atoms with van der Waals surface area (Å²) in [6, 6.07) is 32.2. The van der Waals surface area contributed by atoms with Gasteiger partial charge in [-0.05, 0) is 45.9 Å². The Balaban J connectivity index is 2.12. The molecule has 3 nitrogen and oxygen atoms in total. The molecule has 0 unspecified atom stereocenters. The second kappa shape index (κ2) is 9.23. The van der Waals surface area contributed by atoms with E-state index in [1.807, 2.05) is 72.8 Å². The second-order valence-corrected chi connectivity index (χ2v) is 7.63. The molecule has 0 saturated heterocycles. The van der Waals surface area contributed by atoms with Crippen LogP contribution in [0.15, 0.2) is 97.1 Å². The van der Waals surface area contributed by atoms with Gasteiger partial charge in [0.15, 0.2) is 0 Å². The van der Waals surface area contributed by atoms with Crippen molar-refractivity contribution in [3.63, 3.8) is 0 Å². The minimum Gasteiger partial charge on any atom is -0.426 e. The van der Waals surface area contributed by atoms with Crippen LogP contribution in [0.5, 0.6) is 5.75 Å². The van der Waals surface area contributed by atoms with Crippen molar-refractivity contribution in [2.75, 3.05) is 0 Å². The average molecular weight is 414 g/mol. The maximum Gasteiger partial charge on any atom is 0.391 e. The van der Waals surface area contributed by atoms with Crippen LogP contribution in [0.25, 0.3) is 33.4 Å². The largest absolute Gasteiger partial charge is 0.426 e. The van der Waals surface area contributed by atoms with Crippen LogP contribution in [0.1, 0.15) is 12.5 Å². The first-order valence-corrected chi connectivity index (χ1v) is 11.1. The van der Waals surface area contributed by atoms with Crippen molar-refractivity contribution in [1.29, 1.82) is 0 Å². The van der Waals surface area contributed by atoms with E-state index < -0.39 is 8.60 Å². The molecule has 0 aliphatic rings. The molecule has 0 saturated carbocycles. The molecule has 4 rings (SSSR count). The Labute approximate surface area is 178 Å². The van der Waals surface area contributed by atoms with Crippen molar-refractivity contribution in [3.8, 4) is 39.1 Å². The molecule has 0 aromatic heterocycles. The molecule has 0 fully saturated rings. The summed E-state index contributed by atoms with van der Waals surface area (Å²) in [4.78, 5) is 19.4. The van der Waals surface area contributed by atoms with E-state index >= 15 is 0 Å². The van der Waals surface area contributed by atoms with E-state index in [0.29, 0.717) is 5.75 Å². The molecule has 0 radical (unpaired) electrons. The molecule has 4 aromatic carbocycles. The summed E-state index contributed by atoms with van der Waals surface area (Å²) in [5.74, 6) is 0.465. The summed E-state index contributed by atoms with van der Waals surface area (Å²) in [7, 11) is -2.56. The fourth-order valence-corrected chi connectivity index (χ4v) is 4.24. The predicted molar refractivity (Wildman–Crippen MR) is 124 cm³/mol. The maximum atomic E-state index is 9.72. The summed E-state index contributed by atoms with van der Waals surface area (Å²) in [6.07, 6.45) is 0.821. The highest BCUT2D eigenvalue weighted by Crippen LogP contribution is 2.48. The predicted octanol–water partition coefficient (Wildman–Crippen LogP) is 6.84. The zero-order chi connectivity index (χ0) is 20.9. The van der Waals surface area contributed by atoms with Gasteiger partial charge in [0.25, 0.3) is 0 Å². The Morgan fingerprint density at radius 2 is 1.13 bits per heavy atom. The lowest BCUT2D eigenvalue weighted by Gasteiger charge is -2.23. The Bertz CT molecular complexity index is 1110. The van der Waals surface area contributed by atoms with Gasteiger partial charge in [-0.3, -0.25) is 0 Å². The van der Waals surface area contributed by atoms with Crippen LogP contribution in [-0.4, -0.2) is 9.79 Å². The van der Waals surface area contributed by atoms with Crippen LogP contribution >= 0.6 is 8.60 Å².